The van der Waals surface area contributed by atoms with Crippen LogP contribution in [0.5, 0.6) is 0 Å². The lowest BCUT2D eigenvalue weighted by atomic mass is 10.1. The first-order valence-corrected chi connectivity index (χ1v) is 7.04. The van der Waals surface area contributed by atoms with Crippen LogP contribution >= 0.6 is 11.6 Å². The molecule has 1 rings (SSSR count). The van der Waals surface area contributed by atoms with Gasteiger partial charge in [0.25, 0.3) is 0 Å². The molecule has 0 bridgehead atoms. The maximum absolute atomic E-state index is 13.3. The Labute approximate surface area is 98.8 Å². The van der Waals surface area contributed by atoms with Crippen LogP contribution in [0.25, 0.3) is 0 Å². The van der Waals surface area contributed by atoms with Crippen molar-refractivity contribution in [1.29, 1.82) is 0 Å². The number of rotatable bonds is 4. The minimum atomic E-state index is -3.16. The summed E-state index contributed by atoms with van der Waals surface area (Å²) in [5.74, 6) is -0.815. The van der Waals surface area contributed by atoms with Crippen molar-refractivity contribution < 1.29 is 17.9 Å². The van der Waals surface area contributed by atoms with E-state index in [0.717, 1.165) is 12.3 Å². The van der Waals surface area contributed by atoms with E-state index < -0.39 is 21.8 Å². The summed E-state index contributed by atoms with van der Waals surface area (Å²) >= 11 is 5.55. The first-order chi connectivity index (χ1) is 7.29. The highest BCUT2D eigenvalue weighted by Crippen LogP contribution is 2.23. The minimum absolute atomic E-state index is 0.0304. The zero-order valence-electron chi connectivity index (χ0n) is 8.65. The van der Waals surface area contributed by atoms with Crippen molar-refractivity contribution in [2.45, 2.75) is 12.5 Å². The van der Waals surface area contributed by atoms with E-state index >= 15 is 0 Å². The molecule has 0 aliphatic carbocycles. The monoisotopic (exact) mass is 266 g/mol. The van der Waals surface area contributed by atoms with Crippen LogP contribution in [0, 0.1) is 5.82 Å². The van der Waals surface area contributed by atoms with Crippen molar-refractivity contribution in [3.8, 4) is 0 Å². The molecule has 90 valence electrons. The fraction of sp³-hybridized carbons (Fsp3) is 0.400. The molecule has 0 heterocycles. The van der Waals surface area contributed by atoms with E-state index in [-0.39, 0.29) is 22.8 Å². The van der Waals surface area contributed by atoms with E-state index in [2.05, 4.69) is 0 Å². The molecule has 1 aromatic rings. The summed E-state index contributed by atoms with van der Waals surface area (Å²) in [4.78, 5) is 0. The first-order valence-electron chi connectivity index (χ1n) is 4.60. The van der Waals surface area contributed by atoms with Crippen LogP contribution in [0.2, 0.25) is 5.02 Å². The lowest BCUT2D eigenvalue weighted by Crippen LogP contribution is -2.09. The average molecular weight is 267 g/mol. The summed E-state index contributed by atoms with van der Waals surface area (Å²) in [5.41, 5.74) is 0.0630. The van der Waals surface area contributed by atoms with Crippen molar-refractivity contribution in [3.63, 3.8) is 0 Å². The van der Waals surface area contributed by atoms with Crippen molar-refractivity contribution in [2.24, 2.45) is 0 Å². The Morgan fingerprint density at radius 1 is 1.50 bits per heavy atom. The van der Waals surface area contributed by atoms with Crippen molar-refractivity contribution in [3.05, 3.63) is 34.6 Å². The van der Waals surface area contributed by atoms with Crippen molar-refractivity contribution >= 4 is 21.4 Å². The number of benzene rings is 1. The molecule has 16 heavy (non-hydrogen) atoms. The number of hydrogen-bond acceptors (Lipinski definition) is 3. The van der Waals surface area contributed by atoms with Gasteiger partial charge in [-0.3, -0.25) is 0 Å². The van der Waals surface area contributed by atoms with Crippen LogP contribution in [-0.4, -0.2) is 25.5 Å². The molecule has 1 atom stereocenters. The maximum atomic E-state index is 13.3. The van der Waals surface area contributed by atoms with Gasteiger partial charge in [-0.25, -0.2) is 12.8 Å². The van der Waals surface area contributed by atoms with E-state index in [1.54, 1.807) is 0 Å². The van der Waals surface area contributed by atoms with Gasteiger partial charge in [-0.1, -0.05) is 17.7 Å². The summed E-state index contributed by atoms with van der Waals surface area (Å²) in [6, 6.07) is 3.88. The summed E-state index contributed by atoms with van der Waals surface area (Å²) < 4.78 is 35.1. The number of halogens is 2. The molecule has 0 radical (unpaired) electrons. The molecule has 0 fully saturated rings. The molecule has 0 aromatic heterocycles. The molecular formula is C10H12ClFO3S. The zero-order valence-corrected chi connectivity index (χ0v) is 10.2. The van der Waals surface area contributed by atoms with Gasteiger partial charge in [0.1, 0.15) is 15.7 Å². The van der Waals surface area contributed by atoms with Gasteiger partial charge in [0.15, 0.2) is 0 Å². The minimum Gasteiger partial charge on any atom is -0.388 e. The van der Waals surface area contributed by atoms with Crippen LogP contribution < -0.4 is 0 Å². The predicted octanol–water partition coefficient (Wildman–Crippen LogP) is 1.95. The lowest BCUT2D eigenvalue weighted by molar-refractivity contribution is 0.169. The first kappa shape index (κ1) is 13.4. The van der Waals surface area contributed by atoms with E-state index in [9.17, 15) is 17.9 Å². The molecular weight excluding hydrogens is 255 g/mol. The molecule has 0 saturated heterocycles. The molecule has 6 heteroatoms. The van der Waals surface area contributed by atoms with E-state index in [4.69, 9.17) is 11.6 Å². The maximum Gasteiger partial charge on any atom is 0.147 e. The SMILES string of the molecule is CS(=O)(=O)CCC(O)c1ccc(Cl)cc1F. The summed E-state index contributed by atoms with van der Waals surface area (Å²) in [5, 5.41) is 9.84. The third kappa shape index (κ3) is 4.08. The number of aliphatic hydroxyl groups excluding tert-OH is 1. The smallest absolute Gasteiger partial charge is 0.147 e. The second-order valence-electron chi connectivity index (χ2n) is 3.60. The molecule has 0 spiro atoms. The highest BCUT2D eigenvalue weighted by molar-refractivity contribution is 7.90. The Bertz CT molecular complexity index is 473. The third-order valence-corrected chi connectivity index (χ3v) is 3.30. The Kier molecular flexibility index (Phi) is 4.29. The highest BCUT2D eigenvalue weighted by Gasteiger charge is 2.15. The summed E-state index contributed by atoms with van der Waals surface area (Å²) in [6.07, 6.45) is -0.0954. The Hall–Kier alpha value is -0.650. The second kappa shape index (κ2) is 5.12. The van der Waals surface area contributed by atoms with Crippen molar-refractivity contribution in [1.82, 2.24) is 0 Å². The topological polar surface area (TPSA) is 54.4 Å². The normalized spacial score (nSPS) is 13.8. The van der Waals surface area contributed by atoms with Gasteiger partial charge in [-0.15, -0.1) is 0 Å². The number of hydrogen-bond donors (Lipinski definition) is 1. The Balaban J connectivity index is 2.77. The van der Waals surface area contributed by atoms with E-state index in [0.29, 0.717) is 0 Å². The molecule has 3 nitrogen and oxygen atoms in total. The van der Waals surface area contributed by atoms with Crippen LogP contribution in [0.15, 0.2) is 18.2 Å². The van der Waals surface area contributed by atoms with E-state index in [1.165, 1.54) is 12.1 Å². The van der Waals surface area contributed by atoms with Gasteiger partial charge >= 0.3 is 0 Å². The fourth-order valence-electron chi connectivity index (χ4n) is 1.25. The summed E-state index contributed by atoms with van der Waals surface area (Å²) in [7, 11) is -3.16. The summed E-state index contributed by atoms with van der Waals surface area (Å²) in [6.45, 7) is 0. The predicted molar refractivity (Wildman–Crippen MR) is 60.7 cm³/mol. The quantitative estimate of drug-likeness (QED) is 0.906. The van der Waals surface area contributed by atoms with Crippen LogP contribution in [0.3, 0.4) is 0 Å². The van der Waals surface area contributed by atoms with Gasteiger partial charge in [0.2, 0.25) is 0 Å². The van der Waals surface area contributed by atoms with Gasteiger partial charge in [0.05, 0.1) is 11.9 Å². The average Bonchev–Trinajstić information content (AvgIpc) is 2.13. The molecule has 0 saturated carbocycles. The Morgan fingerprint density at radius 3 is 2.62 bits per heavy atom. The van der Waals surface area contributed by atoms with Crippen LogP contribution in [0.4, 0.5) is 4.39 Å². The highest BCUT2D eigenvalue weighted by atomic mass is 35.5. The lowest BCUT2D eigenvalue weighted by Gasteiger charge is -2.11. The van der Waals surface area contributed by atoms with Crippen LogP contribution in [0.1, 0.15) is 18.1 Å². The van der Waals surface area contributed by atoms with Crippen molar-refractivity contribution in [2.75, 3.05) is 12.0 Å². The zero-order chi connectivity index (χ0) is 12.3. The standard InChI is InChI=1S/C10H12ClFO3S/c1-16(14,15)5-4-10(13)8-3-2-7(11)6-9(8)12/h2-3,6,10,13H,4-5H2,1H3. The van der Waals surface area contributed by atoms with Crippen LogP contribution in [-0.2, 0) is 9.84 Å². The molecule has 1 unspecified atom stereocenters. The van der Waals surface area contributed by atoms with Gasteiger partial charge < -0.3 is 5.11 Å². The van der Waals surface area contributed by atoms with Gasteiger partial charge in [-0.2, -0.15) is 0 Å². The fourth-order valence-corrected chi connectivity index (χ4v) is 2.06. The second-order valence-corrected chi connectivity index (χ2v) is 6.30. The molecule has 1 N–H and O–H groups in total. The number of aliphatic hydroxyl groups is 1. The molecule has 0 aliphatic heterocycles. The van der Waals surface area contributed by atoms with E-state index in [1.807, 2.05) is 0 Å². The largest absolute Gasteiger partial charge is 0.388 e. The molecule has 0 amide bonds. The number of sulfone groups is 1. The molecule has 1 aromatic carbocycles. The van der Waals surface area contributed by atoms with Gasteiger partial charge in [0, 0.05) is 16.8 Å². The third-order valence-electron chi connectivity index (χ3n) is 2.08. The molecule has 0 aliphatic rings. The Morgan fingerprint density at radius 2 is 2.12 bits per heavy atom. The van der Waals surface area contributed by atoms with Gasteiger partial charge in [-0.05, 0) is 18.6 Å².